The second kappa shape index (κ2) is 5.77. The molecule has 0 aromatic heterocycles. The Morgan fingerprint density at radius 2 is 1.57 bits per heavy atom. The van der Waals surface area contributed by atoms with E-state index >= 15 is 0 Å². The fourth-order valence-corrected chi connectivity index (χ4v) is 2.81. The lowest BCUT2D eigenvalue weighted by atomic mass is 9.78. The smallest absolute Gasteiger partial charge is 0.315 e. The number of rotatable bonds is 3. The molecule has 0 bridgehead atoms. The molecule has 1 fully saturated rings. The molecule has 0 amide bonds. The van der Waals surface area contributed by atoms with E-state index in [2.05, 4.69) is 60.6 Å². The molecule has 1 aromatic rings. The van der Waals surface area contributed by atoms with Crippen LogP contribution >= 0.6 is 0 Å². The third-order valence-electron chi connectivity index (χ3n) is 4.37. The van der Waals surface area contributed by atoms with Gasteiger partial charge in [0.1, 0.15) is 12.0 Å². The standard InChI is InChI=1S/C20H28O3/c1-12-8-15(19(2,3)4)17(16(9-12)20(5,6)7)23-18(22)14-10-13(14)11-21/h8-9,11,13-14H,10H2,1-7H3. The lowest BCUT2D eigenvalue weighted by Gasteiger charge is -2.29. The van der Waals surface area contributed by atoms with E-state index in [0.29, 0.717) is 12.2 Å². The summed E-state index contributed by atoms with van der Waals surface area (Å²) >= 11 is 0. The van der Waals surface area contributed by atoms with Crippen molar-refractivity contribution < 1.29 is 14.3 Å². The Balaban J connectivity index is 2.50. The van der Waals surface area contributed by atoms with Crippen molar-refractivity contribution >= 4 is 12.3 Å². The van der Waals surface area contributed by atoms with Crippen molar-refractivity contribution in [1.82, 2.24) is 0 Å². The van der Waals surface area contributed by atoms with Crippen molar-refractivity contribution in [2.75, 3.05) is 0 Å². The summed E-state index contributed by atoms with van der Waals surface area (Å²) in [6, 6.07) is 4.20. The molecule has 1 saturated carbocycles. The first-order valence-electron chi connectivity index (χ1n) is 8.27. The summed E-state index contributed by atoms with van der Waals surface area (Å²) in [6.45, 7) is 14.8. The van der Waals surface area contributed by atoms with Gasteiger partial charge in [-0.3, -0.25) is 4.79 Å². The van der Waals surface area contributed by atoms with Crippen LogP contribution < -0.4 is 4.74 Å². The van der Waals surface area contributed by atoms with Crippen LogP contribution in [0.15, 0.2) is 12.1 Å². The van der Waals surface area contributed by atoms with Crippen molar-refractivity contribution in [3.8, 4) is 5.75 Å². The Bertz CT molecular complexity index is 594. The van der Waals surface area contributed by atoms with Gasteiger partial charge in [0.2, 0.25) is 0 Å². The van der Waals surface area contributed by atoms with Crippen molar-refractivity contribution in [3.63, 3.8) is 0 Å². The van der Waals surface area contributed by atoms with Crippen molar-refractivity contribution in [3.05, 3.63) is 28.8 Å². The molecule has 0 aliphatic heterocycles. The fourth-order valence-electron chi connectivity index (χ4n) is 2.81. The van der Waals surface area contributed by atoms with Gasteiger partial charge in [0.25, 0.3) is 0 Å². The molecule has 0 spiro atoms. The van der Waals surface area contributed by atoms with Crippen LogP contribution in [0.1, 0.15) is 64.7 Å². The first-order chi connectivity index (χ1) is 10.4. The summed E-state index contributed by atoms with van der Waals surface area (Å²) in [5, 5.41) is 0. The number of carbonyl (C=O) groups is 2. The molecule has 2 rings (SSSR count). The van der Waals surface area contributed by atoms with Gasteiger partial charge in [-0.05, 0) is 24.2 Å². The zero-order valence-electron chi connectivity index (χ0n) is 15.3. The zero-order valence-corrected chi connectivity index (χ0v) is 15.3. The summed E-state index contributed by atoms with van der Waals surface area (Å²) in [7, 11) is 0. The van der Waals surface area contributed by atoms with E-state index in [1.807, 2.05) is 0 Å². The van der Waals surface area contributed by atoms with Crippen molar-refractivity contribution in [1.29, 1.82) is 0 Å². The van der Waals surface area contributed by atoms with Gasteiger partial charge in [-0.2, -0.15) is 0 Å². The summed E-state index contributed by atoms with van der Waals surface area (Å²) < 4.78 is 5.84. The number of carbonyl (C=O) groups excluding carboxylic acids is 2. The van der Waals surface area contributed by atoms with E-state index in [4.69, 9.17) is 4.74 Å². The maximum Gasteiger partial charge on any atom is 0.315 e. The highest BCUT2D eigenvalue weighted by Crippen LogP contribution is 2.43. The minimum absolute atomic E-state index is 0.130. The zero-order chi connectivity index (χ0) is 17.6. The molecule has 2 atom stereocenters. The number of hydrogen-bond acceptors (Lipinski definition) is 3. The minimum atomic E-state index is -0.276. The summed E-state index contributed by atoms with van der Waals surface area (Å²) in [5.41, 5.74) is 2.99. The van der Waals surface area contributed by atoms with Gasteiger partial charge in [0.05, 0.1) is 5.92 Å². The third-order valence-corrected chi connectivity index (χ3v) is 4.37. The SMILES string of the molecule is Cc1cc(C(C)(C)C)c(OC(=O)C2CC2C=O)c(C(C)(C)C)c1. The number of esters is 1. The highest BCUT2D eigenvalue weighted by molar-refractivity contribution is 5.84. The molecule has 1 aliphatic carbocycles. The largest absolute Gasteiger partial charge is 0.426 e. The van der Waals surface area contributed by atoms with Crippen LogP contribution in [-0.4, -0.2) is 12.3 Å². The van der Waals surface area contributed by atoms with Gasteiger partial charge < -0.3 is 9.53 Å². The Kier molecular flexibility index (Phi) is 4.44. The average Bonchev–Trinajstić information content (AvgIpc) is 3.17. The van der Waals surface area contributed by atoms with E-state index in [1.165, 1.54) is 0 Å². The Morgan fingerprint density at radius 1 is 1.09 bits per heavy atom. The van der Waals surface area contributed by atoms with E-state index in [9.17, 15) is 9.59 Å². The molecular formula is C20H28O3. The lowest BCUT2D eigenvalue weighted by Crippen LogP contribution is -2.23. The van der Waals surface area contributed by atoms with Crippen LogP contribution in [0.2, 0.25) is 0 Å². The molecule has 0 saturated heterocycles. The third kappa shape index (κ3) is 3.82. The molecule has 0 N–H and O–H groups in total. The van der Waals surface area contributed by atoms with Gasteiger partial charge in [0, 0.05) is 17.0 Å². The van der Waals surface area contributed by atoms with Crippen LogP contribution in [-0.2, 0) is 20.4 Å². The molecule has 2 unspecified atom stereocenters. The summed E-state index contributed by atoms with van der Waals surface area (Å²) in [4.78, 5) is 23.2. The topological polar surface area (TPSA) is 43.4 Å². The second-order valence-electron chi connectivity index (χ2n) is 8.75. The highest BCUT2D eigenvalue weighted by atomic mass is 16.5. The normalized spacial score (nSPS) is 21.0. The summed E-state index contributed by atoms with van der Waals surface area (Å²) in [5.74, 6) is -0.0299. The van der Waals surface area contributed by atoms with Crippen LogP contribution in [0.5, 0.6) is 5.75 Å². The van der Waals surface area contributed by atoms with Gasteiger partial charge >= 0.3 is 5.97 Å². The molecule has 23 heavy (non-hydrogen) atoms. The molecule has 0 heterocycles. The molecule has 1 aliphatic rings. The molecule has 126 valence electrons. The maximum absolute atomic E-state index is 12.4. The van der Waals surface area contributed by atoms with Gasteiger partial charge in [-0.25, -0.2) is 0 Å². The van der Waals surface area contributed by atoms with Crippen LogP contribution in [0.4, 0.5) is 0 Å². The Hall–Kier alpha value is -1.64. The molecule has 3 heteroatoms. The van der Waals surface area contributed by atoms with Crippen molar-refractivity contribution in [2.45, 2.75) is 65.7 Å². The molecule has 0 radical (unpaired) electrons. The predicted octanol–water partition coefficient (Wildman–Crippen LogP) is 4.33. The Morgan fingerprint density at radius 3 is 1.91 bits per heavy atom. The predicted molar refractivity (Wildman–Crippen MR) is 91.9 cm³/mol. The number of hydrogen-bond donors (Lipinski definition) is 0. The minimum Gasteiger partial charge on any atom is -0.426 e. The van der Waals surface area contributed by atoms with E-state index < -0.39 is 0 Å². The number of aryl methyl sites for hydroxylation is 1. The van der Waals surface area contributed by atoms with Crippen LogP contribution in [0.25, 0.3) is 0 Å². The second-order valence-corrected chi connectivity index (χ2v) is 8.75. The van der Waals surface area contributed by atoms with E-state index in [0.717, 1.165) is 23.0 Å². The number of aldehydes is 1. The van der Waals surface area contributed by atoms with E-state index in [1.54, 1.807) is 0 Å². The van der Waals surface area contributed by atoms with Gasteiger partial charge in [0.15, 0.2) is 0 Å². The number of ether oxygens (including phenoxy) is 1. The monoisotopic (exact) mass is 316 g/mol. The van der Waals surface area contributed by atoms with Crippen LogP contribution in [0, 0.1) is 18.8 Å². The maximum atomic E-state index is 12.4. The molecular weight excluding hydrogens is 288 g/mol. The quantitative estimate of drug-likeness (QED) is 0.473. The van der Waals surface area contributed by atoms with Gasteiger partial charge in [-0.1, -0.05) is 59.2 Å². The number of benzene rings is 1. The van der Waals surface area contributed by atoms with E-state index in [-0.39, 0.29) is 28.6 Å². The molecule has 3 nitrogen and oxygen atoms in total. The first-order valence-corrected chi connectivity index (χ1v) is 8.27. The van der Waals surface area contributed by atoms with Crippen molar-refractivity contribution in [2.24, 2.45) is 11.8 Å². The highest BCUT2D eigenvalue weighted by Gasteiger charge is 2.45. The summed E-state index contributed by atoms with van der Waals surface area (Å²) in [6.07, 6.45) is 1.47. The fraction of sp³-hybridized carbons (Fsp3) is 0.600. The van der Waals surface area contributed by atoms with Crippen LogP contribution in [0.3, 0.4) is 0 Å². The molecule has 1 aromatic carbocycles. The van der Waals surface area contributed by atoms with Gasteiger partial charge in [-0.15, -0.1) is 0 Å². The Labute approximate surface area is 139 Å². The lowest BCUT2D eigenvalue weighted by molar-refractivity contribution is -0.136. The average molecular weight is 316 g/mol. The first kappa shape index (κ1) is 17.7.